The summed E-state index contributed by atoms with van der Waals surface area (Å²) in [5.74, 6) is 0.550. The zero-order valence-corrected chi connectivity index (χ0v) is 24.3. The first-order chi connectivity index (χ1) is 20.2. The Morgan fingerprint density at radius 1 is 1.00 bits per heavy atom. The van der Waals surface area contributed by atoms with Crippen LogP contribution in [-0.4, -0.2) is 85.9 Å². The zero-order valence-electron chi connectivity index (χ0n) is 24.3. The fourth-order valence-corrected chi connectivity index (χ4v) is 6.65. The van der Waals surface area contributed by atoms with Crippen LogP contribution in [0.4, 0.5) is 0 Å². The first-order valence-electron chi connectivity index (χ1n) is 15.4. The number of aryl methyl sites for hydroxylation is 1. The van der Waals surface area contributed by atoms with Crippen LogP contribution in [0.5, 0.6) is 0 Å². The van der Waals surface area contributed by atoms with Gasteiger partial charge in [-0.3, -0.25) is 14.7 Å². The number of rotatable bonds is 9. The Morgan fingerprint density at radius 2 is 1.78 bits per heavy atom. The average Bonchev–Trinajstić information content (AvgIpc) is 3.57. The average molecular weight is 558 g/mol. The number of likely N-dealkylation sites (tertiary alicyclic amines) is 1. The lowest BCUT2D eigenvalue weighted by Gasteiger charge is -2.37. The Labute approximate surface area is 243 Å². The molecule has 218 valence electrons. The lowest BCUT2D eigenvalue weighted by Crippen LogP contribution is -2.44. The Balaban J connectivity index is 1.15. The molecule has 6 rings (SSSR count). The molecule has 0 saturated carbocycles. The smallest absolute Gasteiger partial charge is 0.251 e. The molecule has 0 N–H and O–H groups in total. The molecule has 41 heavy (non-hydrogen) atoms. The van der Waals surface area contributed by atoms with Crippen LogP contribution in [0.2, 0.25) is 0 Å². The van der Waals surface area contributed by atoms with Crippen molar-refractivity contribution in [1.82, 2.24) is 14.8 Å². The molecule has 4 heterocycles. The van der Waals surface area contributed by atoms with Gasteiger partial charge in [0.1, 0.15) is 6.10 Å². The molecule has 2 aromatic carbocycles. The van der Waals surface area contributed by atoms with E-state index in [1.54, 1.807) is 0 Å². The normalized spacial score (nSPS) is 21.4. The second-order valence-corrected chi connectivity index (χ2v) is 11.7. The molecule has 3 fully saturated rings. The fraction of sp³-hybridized carbons (Fsp3) is 0.529. The molecule has 7 nitrogen and oxygen atoms in total. The van der Waals surface area contributed by atoms with Gasteiger partial charge in [-0.1, -0.05) is 42.5 Å². The van der Waals surface area contributed by atoms with Gasteiger partial charge in [0, 0.05) is 63.1 Å². The van der Waals surface area contributed by atoms with Crippen molar-refractivity contribution in [3.8, 4) is 11.1 Å². The Morgan fingerprint density at radius 3 is 2.54 bits per heavy atom. The molecule has 0 radical (unpaired) electrons. The molecule has 1 aromatic heterocycles. The highest BCUT2D eigenvalue weighted by molar-refractivity contribution is 5.88. The van der Waals surface area contributed by atoms with E-state index in [4.69, 9.17) is 19.2 Å². The lowest BCUT2D eigenvalue weighted by atomic mass is 9.86. The highest BCUT2D eigenvalue weighted by Gasteiger charge is 2.34. The van der Waals surface area contributed by atoms with E-state index < -0.39 is 0 Å². The van der Waals surface area contributed by atoms with Crippen LogP contribution in [-0.2, 0) is 19.0 Å². The van der Waals surface area contributed by atoms with Gasteiger partial charge in [0.15, 0.2) is 0 Å². The van der Waals surface area contributed by atoms with Crippen molar-refractivity contribution in [2.75, 3.05) is 59.2 Å². The van der Waals surface area contributed by atoms with E-state index in [1.165, 1.54) is 27.6 Å². The maximum atomic E-state index is 12.9. The fourth-order valence-electron chi connectivity index (χ4n) is 6.65. The number of piperidine rings is 1. The SMILES string of the molecule is Cc1c(-c2ccc([C@H](OCCCN3CCOCC3)C3CCN(C(=O)[C@H]4CCCO4)CC3)cc2)cnc2ccccc12. The van der Waals surface area contributed by atoms with Crippen molar-refractivity contribution in [2.24, 2.45) is 5.92 Å². The van der Waals surface area contributed by atoms with Gasteiger partial charge in [0.2, 0.25) is 0 Å². The Hall–Kier alpha value is -2.84. The van der Waals surface area contributed by atoms with Crippen molar-refractivity contribution >= 4 is 16.8 Å². The minimum Gasteiger partial charge on any atom is -0.379 e. The van der Waals surface area contributed by atoms with Crippen molar-refractivity contribution in [2.45, 2.75) is 51.2 Å². The zero-order chi connectivity index (χ0) is 28.0. The lowest BCUT2D eigenvalue weighted by molar-refractivity contribution is -0.143. The second-order valence-electron chi connectivity index (χ2n) is 11.7. The molecule has 0 unspecified atom stereocenters. The molecule has 0 bridgehead atoms. The summed E-state index contributed by atoms with van der Waals surface area (Å²) in [6.07, 6.45) is 6.51. The number of para-hydroxylation sites is 1. The summed E-state index contributed by atoms with van der Waals surface area (Å²) in [4.78, 5) is 22.1. The van der Waals surface area contributed by atoms with E-state index in [0.29, 0.717) is 12.5 Å². The summed E-state index contributed by atoms with van der Waals surface area (Å²) in [6, 6.07) is 17.2. The second kappa shape index (κ2) is 13.4. The van der Waals surface area contributed by atoms with Gasteiger partial charge in [-0.05, 0) is 67.7 Å². The number of carbonyl (C=O) groups is 1. The molecular weight excluding hydrogens is 514 g/mol. The quantitative estimate of drug-likeness (QED) is 0.328. The molecule has 1 amide bonds. The predicted octanol–water partition coefficient (Wildman–Crippen LogP) is 5.41. The maximum Gasteiger partial charge on any atom is 0.251 e. The number of hydrogen-bond acceptors (Lipinski definition) is 6. The molecule has 3 aromatic rings. The van der Waals surface area contributed by atoms with Crippen LogP contribution < -0.4 is 0 Å². The van der Waals surface area contributed by atoms with E-state index in [1.807, 2.05) is 17.2 Å². The number of fused-ring (bicyclic) bond motifs is 1. The summed E-state index contributed by atoms with van der Waals surface area (Å²) in [7, 11) is 0. The maximum absolute atomic E-state index is 12.9. The van der Waals surface area contributed by atoms with Gasteiger partial charge in [0.05, 0.1) is 24.8 Å². The third-order valence-corrected chi connectivity index (χ3v) is 9.10. The monoisotopic (exact) mass is 557 g/mol. The van der Waals surface area contributed by atoms with Gasteiger partial charge in [-0.15, -0.1) is 0 Å². The third kappa shape index (κ3) is 6.64. The number of nitrogens with zero attached hydrogens (tertiary/aromatic N) is 3. The molecule has 3 saturated heterocycles. The number of carbonyl (C=O) groups excluding carboxylic acids is 1. The van der Waals surface area contributed by atoms with Crippen molar-refractivity contribution in [3.05, 3.63) is 65.9 Å². The van der Waals surface area contributed by atoms with Gasteiger partial charge < -0.3 is 19.1 Å². The number of benzene rings is 2. The third-order valence-electron chi connectivity index (χ3n) is 9.10. The van der Waals surface area contributed by atoms with Crippen LogP contribution in [0, 0.1) is 12.8 Å². The summed E-state index contributed by atoms with van der Waals surface area (Å²) in [6.45, 7) is 9.86. The summed E-state index contributed by atoms with van der Waals surface area (Å²) in [5.41, 5.74) is 5.84. The minimum absolute atomic E-state index is 0.0181. The van der Waals surface area contributed by atoms with E-state index in [2.05, 4.69) is 54.3 Å². The number of ether oxygens (including phenoxy) is 3. The molecule has 0 aliphatic carbocycles. The van der Waals surface area contributed by atoms with Crippen LogP contribution in [0.3, 0.4) is 0 Å². The number of amides is 1. The predicted molar refractivity (Wildman–Crippen MR) is 161 cm³/mol. The highest BCUT2D eigenvalue weighted by Crippen LogP contribution is 2.36. The van der Waals surface area contributed by atoms with E-state index in [9.17, 15) is 4.79 Å². The summed E-state index contributed by atoms with van der Waals surface area (Å²) in [5, 5.41) is 1.19. The minimum atomic E-state index is -0.237. The van der Waals surface area contributed by atoms with Crippen LogP contribution in [0.1, 0.15) is 49.3 Å². The molecule has 7 heteroatoms. The molecule has 3 aliphatic heterocycles. The Bertz CT molecular complexity index is 1290. The molecule has 0 spiro atoms. The van der Waals surface area contributed by atoms with E-state index in [0.717, 1.165) is 90.2 Å². The van der Waals surface area contributed by atoms with Gasteiger partial charge in [-0.25, -0.2) is 0 Å². The first kappa shape index (κ1) is 28.3. The number of aromatic nitrogens is 1. The first-order valence-corrected chi connectivity index (χ1v) is 15.4. The van der Waals surface area contributed by atoms with Gasteiger partial charge in [0.25, 0.3) is 5.91 Å². The van der Waals surface area contributed by atoms with Crippen LogP contribution in [0.25, 0.3) is 22.0 Å². The van der Waals surface area contributed by atoms with Crippen molar-refractivity contribution in [3.63, 3.8) is 0 Å². The Kier molecular flexibility index (Phi) is 9.26. The largest absolute Gasteiger partial charge is 0.379 e. The summed E-state index contributed by atoms with van der Waals surface area (Å²) >= 11 is 0. The van der Waals surface area contributed by atoms with Crippen LogP contribution >= 0.6 is 0 Å². The highest BCUT2D eigenvalue weighted by atomic mass is 16.5. The van der Waals surface area contributed by atoms with Crippen LogP contribution in [0.15, 0.2) is 54.7 Å². The number of morpholine rings is 1. The van der Waals surface area contributed by atoms with E-state index >= 15 is 0 Å². The standard InChI is InChI=1S/C34H43N3O4/c1-25-29-6-2-3-7-31(29)35-24-30(25)26-9-11-27(12-10-26)33(41-21-5-15-36-18-22-39-23-19-36)28-13-16-37(17-14-28)34(38)32-8-4-20-40-32/h2-3,6-7,9-12,24,28,32-33H,4-5,8,13-23H2,1H3/t32-,33+/m1/s1. The van der Waals surface area contributed by atoms with Crippen molar-refractivity contribution in [1.29, 1.82) is 0 Å². The van der Waals surface area contributed by atoms with Gasteiger partial charge in [-0.2, -0.15) is 0 Å². The summed E-state index contributed by atoms with van der Waals surface area (Å²) < 4.78 is 17.9. The van der Waals surface area contributed by atoms with Crippen molar-refractivity contribution < 1.29 is 19.0 Å². The number of hydrogen-bond donors (Lipinski definition) is 0. The van der Waals surface area contributed by atoms with E-state index in [-0.39, 0.29) is 18.1 Å². The van der Waals surface area contributed by atoms with Gasteiger partial charge >= 0.3 is 0 Å². The molecular formula is C34H43N3O4. The molecule has 2 atom stereocenters. The number of pyridine rings is 1. The topological polar surface area (TPSA) is 64.1 Å². The molecule has 3 aliphatic rings.